The minimum absolute atomic E-state index is 0.101. The summed E-state index contributed by atoms with van der Waals surface area (Å²) in [6.07, 6.45) is 0. The van der Waals surface area contributed by atoms with Gasteiger partial charge in [-0.3, -0.25) is 0 Å². The molecule has 0 aliphatic carbocycles. The SMILES string of the molecule is NC(N)=NC(N)=Nc1ccc(Cl)cc1O. The van der Waals surface area contributed by atoms with Gasteiger partial charge in [0.2, 0.25) is 5.96 Å². The fourth-order valence-corrected chi connectivity index (χ4v) is 1.04. The molecule has 0 aliphatic heterocycles. The van der Waals surface area contributed by atoms with E-state index in [1.165, 1.54) is 12.1 Å². The standard InChI is InChI=1S/C8H10ClN5O/c9-4-1-2-5(6(15)3-4)13-8(12)14-7(10)11/h1-3,15H,(H6,10,11,12,13,14). The van der Waals surface area contributed by atoms with Crippen LogP contribution in [0.4, 0.5) is 5.69 Å². The molecule has 0 radical (unpaired) electrons. The molecule has 0 saturated carbocycles. The minimum Gasteiger partial charge on any atom is -0.506 e. The Kier molecular flexibility index (Phi) is 3.35. The molecule has 0 spiro atoms. The number of phenols is 1. The van der Waals surface area contributed by atoms with Crippen molar-refractivity contribution in [1.82, 2.24) is 0 Å². The lowest BCUT2D eigenvalue weighted by atomic mass is 10.3. The number of phenolic OH excluding ortho intramolecular Hbond substituents is 1. The molecule has 0 atom stereocenters. The van der Waals surface area contributed by atoms with Gasteiger partial charge in [0, 0.05) is 11.1 Å². The minimum atomic E-state index is -0.204. The Morgan fingerprint density at radius 3 is 2.47 bits per heavy atom. The Morgan fingerprint density at radius 2 is 1.93 bits per heavy atom. The van der Waals surface area contributed by atoms with Crippen molar-refractivity contribution in [1.29, 1.82) is 0 Å². The van der Waals surface area contributed by atoms with Gasteiger partial charge >= 0.3 is 0 Å². The van der Waals surface area contributed by atoms with E-state index in [1.54, 1.807) is 6.07 Å². The quantitative estimate of drug-likeness (QED) is 0.406. The molecule has 7 heteroatoms. The highest BCUT2D eigenvalue weighted by molar-refractivity contribution is 6.30. The molecule has 0 heterocycles. The van der Waals surface area contributed by atoms with Crippen molar-refractivity contribution in [3.63, 3.8) is 0 Å². The van der Waals surface area contributed by atoms with Crippen LogP contribution in [-0.4, -0.2) is 17.0 Å². The third-order valence-electron chi connectivity index (χ3n) is 1.42. The number of aliphatic imine (C=N–C) groups is 2. The second kappa shape index (κ2) is 4.52. The molecular weight excluding hydrogens is 218 g/mol. The Hall–Kier alpha value is -1.95. The van der Waals surface area contributed by atoms with Crippen LogP contribution in [0.5, 0.6) is 5.75 Å². The van der Waals surface area contributed by atoms with Gasteiger partial charge in [-0.25, -0.2) is 4.99 Å². The van der Waals surface area contributed by atoms with Gasteiger partial charge < -0.3 is 22.3 Å². The Bertz CT molecular complexity index is 425. The molecule has 1 aromatic rings. The fraction of sp³-hybridized carbons (Fsp3) is 0. The van der Waals surface area contributed by atoms with Crippen LogP contribution in [0.15, 0.2) is 28.2 Å². The highest BCUT2D eigenvalue weighted by atomic mass is 35.5. The number of guanidine groups is 2. The largest absolute Gasteiger partial charge is 0.506 e. The van der Waals surface area contributed by atoms with Crippen LogP contribution in [0.25, 0.3) is 0 Å². The third-order valence-corrected chi connectivity index (χ3v) is 1.65. The summed E-state index contributed by atoms with van der Waals surface area (Å²) < 4.78 is 0. The van der Waals surface area contributed by atoms with Gasteiger partial charge in [-0.1, -0.05) is 11.6 Å². The summed E-state index contributed by atoms with van der Waals surface area (Å²) in [4.78, 5) is 7.27. The number of hydrogen-bond donors (Lipinski definition) is 4. The van der Waals surface area contributed by atoms with Gasteiger partial charge in [0.15, 0.2) is 5.96 Å². The van der Waals surface area contributed by atoms with E-state index in [1.807, 2.05) is 0 Å². The van der Waals surface area contributed by atoms with Gasteiger partial charge in [0.1, 0.15) is 11.4 Å². The molecule has 15 heavy (non-hydrogen) atoms. The second-order valence-corrected chi connectivity index (χ2v) is 3.08. The monoisotopic (exact) mass is 227 g/mol. The van der Waals surface area contributed by atoms with Crippen LogP contribution >= 0.6 is 11.6 Å². The van der Waals surface area contributed by atoms with E-state index in [0.717, 1.165) is 0 Å². The van der Waals surface area contributed by atoms with E-state index in [9.17, 15) is 5.11 Å². The summed E-state index contributed by atoms with van der Waals surface area (Å²) in [6, 6.07) is 4.39. The third kappa shape index (κ3) is 3.35. The lowest BCUT2D eigenvalue weighted by molar-refractivity contribution is 0.477. The van der Waals surface area contributed by atoms with Crippen molar-refractivity contribution < 1.29 is 5.11 Å². The average molecular weight is 228 g/mol. The van der Waals surface area contributed by atoms with Crippen molar-refractivity contribution in [2.24, 2.45) is 27.2 Å². The zero-order valence-electron chi connectivity index (χ0n) is 7.68. The number of benzene rings is 1. The summed E-state index contributed by atoms with van der Waals surface area (Å²) in [7, 11) is 0. The van der Waals surface area contributed by atoms with E-state index < -0.39 is 0 Å². The molecule has 0 bridgehead atoms. The first-order valence-electron chi connectivity index (χ1n) is 3.91. The molecule has 0 amide bonds. The highest BCUT2D eigenvalue weighted by Gasteiger charge is 2.00. The maximum atomic E-state index is 9.42. The summed E-state index contributed by atoms with van der Waals surface area (Å²) >= 11 is 5.63. The lowest BCUT2D eigenvalue weighted by Crippen LogP contribution is -2.26. The van der Waals surface area contributed by atoms with Gasteiger partial charge in [0.05, 0.1) is 0 Å². The first kappa shape index (κ1) is 11.1. The van der Waals surface area contributed by atoms with Crippen LogP contribution in [0.1, 0.15) is 0 Å². The molecule has 1 aromatic carbocycles. The Morgan fingerprint density at radius 1 is 1.27 bits per heavy atom. The van der Waals surface area contributed by atoms with E-state index in [4.69, 9.17) is 28.8 Å². The molecule has 80 valence electrons. The zero-order chi connectivity index (χ0) is 11.4. The molecule has 7 N–H and O–H groups in total. The maximum absolute atomic E-state index is 9.42. The first-order chi connectivity index (χ1) is 6.99. The zero-order valence-corrected chi connectivity index (χ0v) is 8.44. The summed E-state index contributed by atoms with van der Waals surface area (Å²) in [5, 5.41) is 9.81. The summed E-state index contributed by atoms with van der Waals surface area (Å²) in [5.41, 5.74) is 15.8. The number of rotatable bonds is 1. The van der Waals surface area contributed by atoms with Crippen LogP contribution in [0.3, 0.4) is 0 Å². The van der Waals surface area contributed by atoms with Crippen molar-refractivity contribution >= 4 is 29.2 Å². The van der Waals surface area contributed by atoms with E-state index in [2.05, 4.69) is 9.98 Å². The predicted molar refractivity (Wildman–Crippen MR) is 60.2 cm³/mol. The normalized spacial score (nSPS) is 11.1. The van der Waals surface area contributed by atoms with E-state index >= 15 is 0 Å². The molecular formula is C8H10ClN5O. The molecule has 0 saturated heterocycles. The number of halogens is 1. The number of nitrogens with zero attached hydrogens (tertiary/aromatic N) is 2. The van der Waals surface area contributed by atoms with Crippen LogP contribution in [0.2, 0.25) is 5.02 Å². The van der Waals surface area contributed by atoms with Crippen LogP contribution in [0, 0.1) is 0 Å². The van der Waals surface area contributed by atoms with Gasteiger partial charge in [-0.2, -0.15) is 4.99 Å². The summed E-state index contributed by atoms with van der Waals surface area (Å²) in [6.45, 7) is 0. The number of aromatic hydroxyl groups is 1. The first-order valence-corrected chi connectivity index (χ1v) is 4.29. The Balaban J connectivity index is 3.03. The van der Waals surface area contributed by atoms with Crippen LogP contribution < -0.4 is 17.2 Å². The molecule has 0 fully saturated rings. The molecule has 0 unspecified atom stereocenters. The lowest BCUT2D eigenvalue weighted by Gasteiger charge is -1.99. The van der Waals surface area contributed by atoms with Gasteiger partial charge in [-0.05, 0) is 12.1 Å². The number of hydrogen-bond acceptors (Lipinski definition) is 2. The van der Waals surface area contributed by atoms with Crippen LogP contribution in [-0.2, 0) is 0 Å². The molecule has 0 aliphatic rings. The van der Waals surface area contributed by atoms with Crippen molar-refractivity contribution in [2.45, 2.75) is 0 Å². The van der Waals surface area contributed by atoms with Crippen molar-refractivity contribution in [3.8, 4) is 5.75 Å². The van der Waals surface area contributed by atoms with E-state index in [0.29, 0.717) is 5.02 Å². The van der Waals surface area contributed by atoms with Crippen molar-refractivity contribution in [2.75, 3.05) is 0 Å². The highest BCUT2D eigenvalue weighted by Crippen LogP contribution is 2.28. The fourth-order valence-electron chi connectivity index (χ4n) is 0.872. The maximum Gasteiger partial charge on any atom is 0.223 e. The Labute approximate surface area is 91.1 Å². The topological polar surface area (TPSA) is 123 Å². The van der Waals surface area contributed by atoms with E-state index in [-0.39, 0.29) is 23.4 Å². The van der Waals surface area contributed by atoms with Gasteiger partial charge in [-0.15, -0.1) is 0 Å². The summed E-state index contributed by atoms with van der Waals surface area (Å²) in [5.74, 6) is -0.450. The second-order valence-electron chi connectivity index (χ2n) is 2.64. The number of nitrogens with two attached hydrogens (primary N) is 3. The predicted octanol–water partition coefficient (Wildman–Crippen LogP) is 0.265. The molecule has 6 nitrogen and oxygen atoms in total. The molecule has 0 aromatic heterocycles. The average Bonchev–Trinajstić information content (AvgIpc) is 2.08. The van der Waals surface area contributed by atoms with Gasteiger partial charge in [0.25, 0.3) is 0 Å². The van der Waals surface area contributed by atoms with Crippen molar-refractivity contribution in [3.05, 3.63) is 23.2 Å². The molecule has 1 rings (SSSR count). The smallest absolute Gasteiger partial charge is 0.223 e.